The molecule has 0 radical (unpaired) electrons. The van der Waals surface area contributed by atoms with Gasteiger partial charge in [-0.2, -0.15) is 0 Å². The third-order valence-corrected chi connectivity index (χ3v) is 3.06. The van der Waals surface area contributed by atoms with Gasteiger partial charge in [-0.25, -0.2) is 0 Å². The van der Waals surface area contributed by atoms with Crippen molar-refractivity contribution < 1.29 is 0 Å². The van der Waals surface area contributed by atoms with Gasteiger partial charge in [0.25, 0.3) is 0 Å². The van der Waals surface area contributed by atoms with Crippen molar-refractivity contribution in [1.82, 2.24) is 0 Å². The van der Waals surface area contributed by atoms with Crippen LogP contribution >= 0.6 is 0 Å². The number of nitrogens with two attached hydrogens (primary N) is 1. The Morgan fingerprint density at radius 3 is 2.21 bits per heavy atom. The third kappa shape index (κ3) is 7.39. The largest absolute Gasteiger partial charge is 0.398 e. The topological polar surface area (TPSA) is 50.7 Å². The SMILES string of the molecule is CC=C/N=C\C(C/N=C\C(N)=C(\C)CC)=C(/C)CC. The highest BCUT2D eigenvalue weighted by Crippen LogP contribution is 2.07. The van der Waals surface area contributed by atoms with Gasteiger partial charge >= 0.3 is 0 Å². The van der Waals surface area contributed by atoms with E-state index in [1.807, 2.05) is 26.1 Å². The van der Waals surface area contributed by atoms with Gasteiger partial charge in [0.1, 0.15) is 0 Å². The summed E-state index contributed by atoms with van der Waals surface area (Å²) in [6.45, 7) is 10.9. The van der Waals surface area contributed by atoms with E-state index in [-0.39, 0.29) is 0 Å². The van der Waals surface area contributed by atoms with E-state index in [1.165, 1.54) is 11.1 Å². The number of rotatable bonds is 7. The molecule has 3 nitrogen and oxygen atoms in total. The fraction of sp³-hybridized carbons (Fsp3) is 0.500. The maximum absolute atomic E-state index is 5.91. The zero-order valence-corrected chi connectivity index (χ0v) is 12.9. The van der Waals surface area contributed by atoms with Crippen LogP contribution < -0.4 is 5.73 Å². The molecule has 2 N–H and O–H groups in total. The van der Waals surface area contributed by atoms with Gasteiger partial charge in [0.2, 0.25) is 0 Å². The fourth-order valence-electron chi connectivity index (χ4n) is 1.29. The predicted octanol–water partition coefficient (Wildman–Crippen LogP) is 4.03. The van der Waals surface area contributed by atoms with Gasteiger partial charge in [-0.1, -0.05) is 25.5 Å². The first kappa shape index (κ1) is 17.4. The van der Waals surface area contributed by atoms with Crippen LogP contribution in [0.4, 0.5) is 0 Å². The Labute approximate surface area is 117 Å². The van der Waals surface area contributed by atoms with E-state index in [0.717, 1.165) is 24.1 Å². The summed E-state index contributed by atoms with van der Waals surface area (Å²) >= 11 is 0. The molecule has 0 amide bonds. The van der Waals surface area contributed by atoms with E-state index < -0.39 is 0 Å². The normalized spacial score (nSPS) is 15.4. The van der Waals surface area contributed by atoms with Crippen molar-refractivity contribution in [3.63, 3.8) is 0 Å². The first-order valence-electron chi connectivity index (χ1n) is 6.84. The van der Waals surface area contributed by atoms with Crippen molar-refractivity contribution in [2.45, 2.75) is 47.5 Å². The number of nitrogens with zero attached hydrogens (tertiary/aromatic N) is 2. The van der Waals surface area contributed by atoms with Gasteiger partial charge in [-0.3, -0.25) is 9.98 Å². The second-order valence-electron chi connectivity index (χ2n) is 4.48. The molecule has 0 saturated heterocycles. The fourth-order valence-corrected chi connectivity index (χ4v) is 1.29. The Kier molecular flexibility index (Phi) is 9.41. The standard InChI is InChI=1S/C16H27N3/c1-6-9-18-10-15(13(4)7-2)11-19-12-16(17)14(5)8-3/h6,9-10,12H,7-8,11,17H2,1-5H3/b9-6?,15-13-,16-14+,18-10-,19-12-. The molecule has 0 rings (SSSR count). The van der Waals surface area contributed by atoms with Crippen LogP contribution in [0.25, 0.3) is 0 Å². The van der Waals surface area contributed by atoms with Crippen LogP contribution in [0.1, 0.15) is 47.5 Å². The Morgan fingerprint density at radius 1 is 1.05 bits per heavy atom. The van der Waals surface area contributed by atoms with Crippen molar-refractivity contribution in [1.29, 1.82) is 0 Å². The highest BCUT2D eigenvalue weighted by atomic mass is 14.8. The van der Waals surface area contributed by atoms with E-state index in [4.69, 9.17) is 5.73 Å². The summed E-state index contributed by atoms with van der Waals surface area (Å²) in [6.07, 6.45) is 9.28. The molecule has 0 unspecified atom stereocenters. The van der Waals surface area contributed by atoms with Gasteiger partial charge in [-0.15, -0.1) is 0 Å². The van der Waals surface area contributed by atoms with Crippen LogP contribution in [0.3, 0.4) is 0 Å². The van der Waals surface area contributed by atoms with Gasteiger partial charge < -0.3 is 5.73 Å². The highest BCUT2D eigenvalue weighted by Gasteiger charge is 1.97. The maximum atomic E-state index is 5.91. The molecule has 0 aromatic carbocycles. The quantitative estimate of drug-likeness (QED) is 0.691. The monoisotopic (exact) mass is 261 g/mol. The number of aliphatic imine (C=N–C) groups is 2. The Bertz CT molecular complexity index is 410. The molecule has 0 atom stereocenters. The van der Waals surface area contributed by atoms with E-state index in [0.29, 0.717) is 6.54 Å². The maximum Gasteiger partial charge on any atom is 0.0655 e. The minimum atomic E-state index is 0.623. The molecule has 0 heterocycles. The van der Waals surface area contributed by atoms with Crippen LogP contribution in [0.5, 0.6) is 0 Å². The first-order valence-corrected chi connectivity index (χ1v) is 6.84. The van der Waals surface area contributed by atoms with Gasteiger partial charge in [0.05, 0.1) is 6.54 Å². The summed E-state index contributed by atoms with van der Waals surface area (Å²) < 4.78 is 0. The minimum Gasteiger partial charge on any atom is -0.398 e. The molecule has 0 spiro atoms. The lowest BCUT2D eigenvalue weighted by molar-refractivity contribution is 1.04. The second-order valence-corrected chi connectivity index (χ2v) is 4.48. The van der Waals surface area contributed by atoms with Crippen molar-refractivity contribution in [3.05, 3.63) is 34.7 Å². The molecule has 0 aliphatic rings. The number of allylic oxidation sites excluding steroid dienone is 4. The Hall–Kier alpha value is -1.64. The molecule has 0 aliphatic heterocycles. The molecule has 106 valence electrons. The van der Waals surface area contributed by atoms with Gasteiger partial charge in [0.15, 0.2) is 0 Å². The summed E-state index contributed by atoms with van der Waals surface area (Å²) in [6, 6.07) is 0. The lowest BCUT2D eigenvalue weighted by Crippen LogP contribution is -2.03. The molecule has 0 fully saturated rings. The lowest BCUT2D eigenvalue weighted by Gasteiger charge is -2.03. The molecule has 0 aromatic heterocycles. The highest BCUT2D eigenvalue weighted by molar-refractivity contribution is 5.82. The van der Waals surface area contributed by atoms with Crippen LogP contribution in [-0.4, -0.2) is 19.0 Å². The molecule has 3 heteroatoms. The minimum absolute atomic E-state index is 0.623. The summed E-state index contributed by atoms with van der Waals surface area (Å²) in [5, 5.41) is 0. The predicted molar refractivity (Wildman–Crippen MR) is 86.8 cm³/mol. The lowest BCUT2D eigenvalue weighted by atomic mass is 10.1. The number of hydrogen-bond donors (Lipinski definition) is 1. The van der Waals surface area contributed by atoms with Crippen molar-refractivity contribution in [2.24, 2.45) is 15.7 Å². The van der Waals surface area contributed by atoms with Crippen LogP contribution in [-0.2, 0) is 0 Å². The average molecular weight is 261 g/mol. The summed E-state index contributed by atoms with van der Waals surface area (Å²) in [4.78, 5) is 8.64. The Balaban J connectivity index is 4.84. The molecule has 0 aliphatic carbocycles. The molecular formula is C16H27N3. The van der Waals surface area contributed by atoms with Crippen molar-refractivity contribution in [2.75, 3.05) is 6.54 Å². The Morgan fingerprint density at radius 2 is 1.68 bits per heavy atom. The third-order valence-electron chi connectivity index (χ3n) is 3.06. The molecule has 0 saturated carbocycles. The van der Waals surface area contributed by atoms with Gasteiger partial charge in [-0.05, 0) is 44.8 Å². The number of hydrogen-bond acceptors (Lipinski definition) is 3. The van der Waals surface area contributed by atoms with E-state index in [9.17, 15) is 0 Å². The second kappa shape index (κ2) is 10.3. The van der Waals surface area contributed by atoms with E-state index in [2.05, 4.69) is 30.8 Å². The zero-order valence-electron chi connectivity index (χ0n) is 12.9. The molecule has 19 heavy (non-hydrogen) atoms. The van der Waals surface area contributed by atoms with Crippen LogP contribution in [0, 0.1) is 0 Å². The van der Waals surface area contributed by atoms with Crippen molar-refractivity contribution >= 4 is 12.4 Å². The van der Waals surface area contributed by atoms with E-state index in [1.54, 1.807) is 12.4 Å². The first-order chi connectivity index (χ1) is 9.06. The van der Waals surface area contributed by atoms with Crippen LogP contribution in [0.2, 0.25) is 0 Å². The zero-order chi connectivity index (χ0) is 14.7. The average Bonchev–Trinajstić information content (AvgIpc) is 2.43. The van der Waals surface area contributed by atoms with Crippen molar-refractivity contribution in [3.8, 4) is 0 Å². The van der Waals surface area contributed by atoms with Gasteiger partial charge in [0, 0.05) is 24.3 Å². The summed E-state index contributed by atoms with van der Waals surface area (Å²) in [5.74, 6) is 0. The smallest absolute Gasteiger partial charge is 0.0655 e. The van der Waals surface area contributed by atoms with E-state index >= 15 is 0 Å². The molecule has 0 bridgehead atoms. The summed E-state index contributed by atoms with van der Waals surface area (Å²) in [7, 11) is 0. The van der Waals surface area contributed by atoms with Crippen LogP contribution in [0.15, 0.2) is 44.7 Å². The molecular weight excluding hydrogens is 234 g/mol. The summed E-state index contributed by atoms with van der Waals surface area (Å²) in [5.41, 5.74) is 10.3. The molecule has 0 aromatic rings.